The summed E-state index contributed by atoms with van der Waals surface area (Å²) in [6.45, 7) is 4.58. The van der Waals surface area contributed by atoms with E-state index in [1.807, 2.05) is 55.5 Å². The molecule has 4 rings (SSSR count). The zero-order valence-corrected chi connectivity index (χ0v) is 17.1. The number of aromatic nitrogens is 2. The first-order valence-electron chi connectivity index (χ1n) is 10.3. The number of furan rings is 1. The van der Waals surface area contributed by atoms with Crippen molar-refractivity contribution in [3.63, 3.8) is 0 Å². The third-order valence-corrected chi connectivity index (χ3v) is 5.30. The highest BCUT2D eigenvalue weighted by Crippen LogP contribution is 2.23. The molecule has 0 atom stereocenters. The number of carbonyl (C=O) groups excluding carboxylic acids is 1. The molecular weight excluding hydrogens is 380 g/mol. The molecule has 1 aliphatic heterocycles. The van der Waals surface area contributed by atoms with Crippen molar-refractivity contribution in [3.05, 3.63) is 60.4 Å². The number of nitrogens with one attached hydrogen (secondary N) is 1. The number of aryl methyl sites for hydroxylation is 1. The Morgan fingerprint density at radius 1 is 1.13 bits per heavy atom. The van der Waals surface area contributed by atoms with Crippen LogP contribution in [0.4, 0.5) is 5.82 Å². The fourth-order valence-electron chi connectivity index (χ4n) is 3.54. The summed E-state index contributed by atoms with van der Waals surface area (Å²) >= 11 is 0. The van der Waals surface area contributed by atoms with Crippen molar-refractivity contribution in [1.82, 2.24) is 15.5 Å². The van der Waals surface area contributed by atoms with Gasteiger partial charge in [-0.25, -0.2) is 0 Å². The third-order valence-electron chi connectivity index (χ3n) is 5.30. The second-order valence-corrected chi connectivity index (χ2v) is 7.47. The molecule has 0 bridgehead atoms. The molecule has 1 fully saturated rings. The van der Waals surface area contributed by atoms with E-state index < -0.39 is 0 Å². The molecule has 1 aliphatic rings. The smallest absolute Gasteiger partial charge is 0.223 e. The summed E-state index contributed by atoms with van der Waals surface area (Å²) in [5, 5.41) is 11.6. The van der Waals surface area contributed by atoms with E-state index in [1.54, 1.807) is 6.26 Å². The Morgan fingerprint density at radius 2 is 1.93 bits per heavy atom. The van der Waals surface area contributed by atoms with Gasteiger partial charge in [-0.15, -0.1) is 10.2 Å². The summed E-state index contributed by atoms with van der Waals surface area (Å²) in [6, 6.07) is 15.5. The molecule has 0 aliphatic carbocycles. The van der Waals surface area contributed by atoms with Gasteiger partial charge >= 0.3 is 0 Å². The van der Waals surface area contributed by atoms with E-state index in [1.165, 1.54) is 5.56 Å². The summed E-state index contributed by atoms with van der Waals surface area (Å²) in [7, 11) is 0. The summed E-state index contributed by atoms with van der Waals surface area (Å²) in [5.41, 5.74) is 1.91. The minimum atomic E-state index is 0.0241. The van der Waals surface area contributed by atoms with Crippen LogP contribution in [-0.4, -0.2) is 42.3 Å². The standard InChI is InChI=1S/C23H26N4O3/c1-17-4-6-19(7-5-17)29-16-12-24-23(28)18-10-13-27(14-11-18)22-9-8-20(25-26-22)21-3-2-15-30-21/h2-9,15,18H,10-14,16H2,1H3,(H,24,28). The second kappa shape index (κ2) is 9.43. The molecule has 3 aromatic rings. The van der Waals surface area contributed by atoms with Gasteiger partial charge in [-0.1, -0.05) is 17.7 Å². The molecule has 1 saturated heterocycles. The summed E-state index contributed by atoms with van der Waals surface area (Å²) < 4.78 is 11.0. The lowest BCUT2D eigenvalue weighted by molar-refractivity contribution is -0.125. The first kappa shape index (κ1) is 19.9. The lowest BCUT2D eigenvalue weighted by Gasteiger charge is -2.31. The van der Waals surface area contributed by atoms with E-state index in [9.17, 15) is 4.79 Å². The van der Waals surface area contributed by atoms with Crippen LogP contribution in [0.15, 0.2) is 59.2 Å². The normalized spacial score (nSPS) is 14.5. The molecule has 30 heavy (non-hydrogen) atoms. The predicted molar refractivity (Wildman–Crippen MR) is 114 cm³/mol. The van der Waals surface area contributed by atoms with E-state index >= 15 is 0 Å². The second-order valence-electron chi connectivity index (χ2n) is 7.47. The quantitative estimate of drug-likeness (QED) is 0.606. The van der Waals surface area contributed by atoms with Gasteiger partial charge in [0.05, 0.1) is 12.8 Å². The fourth-order valence-corrected chi connectivity index (χ4v) is 3.54. The minimum absolute atomic E-state index is 0.0241. The Kier molecular flexibility index (Phi) is 6.27. The Labute approximate surface area is 176 Å². The molecule has 2 aromatic heterocycles. The van der Waals surface area contributed by atoms with Crippen molar-refractivity contribution in [2.24, 2.45) is 5.92 Å². The average molecular weight is 406 g/mol. The molecule has 7 heteroatoms. The van der Waals surface area contributed by atoms with Gasteiger partial charge in [0.2, 0.25) is 5.91 Å². The fraction of sp³-hybridized carbons (Fsp3) is 0.348. The number of benzene rings is 1. The van der Waals surface area contributed by atoms with Gasteiger partial charge < -0.3 is 19.4 Å². The van der Waals surface area contributed by atoms with Gasteiger partial charge in [-0.2, -0.15) is 0 Å². The highest BCUT2D eigenvalue weighted by Gasteiger charge is 2.25. The summed E-state index contributed by atoms with van der Waals surface area (Å²) in [6.07, 6.45) is 3.22. The molecule has 0 radical (unpaired) electrons. The largest absolute Gasteiger partial charge is 0.492 e. The van der Waals surface area contributed by atoms with E-state index in [-0.39, 0.29) is 11.8 Å². The molecule has 0 spiro atoms. The van der Waals surface area contributed by atoms with E-state index in [4.69, 9.17) is 9.15 Å². The minimum Gasteiger partial charge on any atom is -0.492 e. The van der Waals surface area contributed by atoms with Crippen LogP contribution in [0.1, 0.15) is 18.4 Å². The monoisotopic (exact) mass is 406 g/mol. The Bertz CT molecular complexity index is 932. The van der Waals surface area contributed by atoms with Crippen molar-refractivity contribution < 1.29 is 13.9 Å². The highest BCUT2D eigenvalue weighted by molar-refractivity contribution is 5.79. The lowest BCUT2D eigenvalue weighted by Crippen LogP contribution is -2.41. The van der Waals surface area contributed by atoms with Gasteiger partial charge in [-0.05, 0) is 56.2 Å². The van der Waals surface area contributed by atoms with Gasteiger partial charge in [0, 0.05) is 19.0 Å². The Morgan fingerprint density at radius 3 is 2.60 bits per heavy atom. The number of ether oxygens (including phenoxy) is 1. The molecule has 1 N–H and O–H groups in total. The van der Waals surface area contributed by atoms with Crippen molar-refractivity contribution in [2.45, 2.75) is 19.8 Å². The van der Waals surface area contributed by atoms with Crippen molar-refractivity contribution >= 4 is 11.7 Å². The van der Waals surface area contributed by atoms with Crippen LogP contribution in [0.5, 0.6) is 5.75 Å². The molecule has 7 nitrogen and oxygen atoms in total. The molecule has 0 unspecified atom stereocenters. The maximum atomic E-state index is 12.4. The lowest BCUT2D eigenvalue weighted by atomic mass is 9.96. The van der Waals surface area contributed by atoms with Crippen molar-refractivity contribution in [2.75, 3.05) is 31.1 Å². The van der Waals surface area contributed by atoms with Crippen LogP contribution in [0.2, 0.25) is 0 Å². The van der Waals surface area contributed by atoms with Crippen LogP contribution < -0.4 is 15.0 Å². The van der Waals surface area contributed by atoms with E-state index in [2.05, 4.69) is 20.4 Å². The highest BCUT2D eigenvalue weighted by atomic mass is 16.5. The zero-order chi connectivity index (χ0) is 20.8. The van der Waals surface area contributed by atoms with Gasteiger partial charge in [0.25, 0.3) is 0 Å². The number of hydrogen-bond donors (Lipinski definition) is 1. The van der Waals surface area contributed by atoms with Crippen LogP contribution in [0.25, 0.3) is 11.5 Å². The first-order chi connectivity index (χ1) is 14.7. The maximum absolute atomic E-state index is 12.4. The number of hydrogen-bond acceptors (Lipinski definition) is 6. The maximum Gasteiger partial charge on any atom is 0.223 e. The summed E-state index contributed by atoms with van der Waals surface area (Å²) in [5.74, 6) is 2.48. The molecule has 156 valence electrons. The van der Waals surface area contributed by atoms with Crippen LogP contribution >= 0.6 is 0 Å². The number of carbonyl (C=O) groups is 1. The zero-order valence-electron chi connectivity index (χ0n) is 17.1. The molecule has 3 heterocycles. The van der Waals surface area contributed by atoms with Crippen LogP contribution in [0.3, 0.4) is 0 Å². The van der Waals surface area contributed by atoms with Crippen molar-refractivity contribution in [3.8, 4) is 17.2 Å². The molecular formula is C23H26N4O3. The van der Waals surface area contributed by atoms with Crippen LogP contribution in [-0.2, 0) is 4.79 Å². The average Bonchev–Trinajstić information content (AvgIpc) is 3.33. The third kappa shape index (κ3) is 4.97. The Balaban J connectivity index is 1.19. The number of rotatable bonds is 7. The first-order valence-corrected chi connectivity index (χ1v) is 10.3. The van der Waals surface area contributed by atoms with Gasteiger partial charge in [-0.3, -0.25) is 4.79 Å². The number of piperidine rings is 1. The van der Waals surface area contributed by atoms with Gasteiger partial charge in [0.1, 0.15) is 18.1 Å². The van der Waals surface area contributed by atoms with Crippen molar-refractivity contribution in [1.29, 1.82) is 0 Å². The molecule has 1 aromatic carbocycles. The van der Waals surface area contributed by atoms with E-state index in [0.29, 0.717) is 24.6 Å². The number of nitrogens with zero attached hydrogens (tertiary/aromatic N) is 3. The molecule has 0 saturated carbocycles. The van der Waals surface area contributed by atoms with Gasteiger partial charge in [0.15, 0.2) is 11.6 Å². The number of amides is 1. The number of anilines is 1. The molecule has 1 amide bonds. The SMILES string of the molecule is Cc1ccc(OCCNC(=O)C2CCN(c3ccc(-c4ccco4)nn3)CC2)cc1. The van der Waals surface area contributed by atoms with Crippen LogP contribution in [0, 0.1) is 12.8 Å². The Hall–Kier alpha value is -3.35. The topological polar surface area (TPSA) is 80.5 Å². The summed E-state index contributed by atoms with van der Waals surface area (Å²) in [4.78, 5) is 14.6. The predicted octanol–water partition coefficient (Wildman–Crippen LogP) is 3.46. The van der Waals surface area contributed by atoms with E-state index in [0.717, 1.165) is 37.5 Å².